The third kappa shape index (κ3) is 3.69. The van der Waals surface area contributed by atoms with Crippen LogP contribution in [0.2, 0.25) is 0 Å². The van der Waals surface area contributed by atoms with Crippen LogP contribution in [-0.2, 0) is 4.74 Å². The van der Waals surface area contributed by atoms with Crippen molar-refractivity contribution in [1.82, 2.24) is 24.8 Å². The Morgan fingerprint density at radius 3 is 2.69 bits per heavy atom. The van der Waals surface area contributed by atoms with Crippen LogP contribution in [0.25, 0.3) is 5.82 Å². The first-order valence-corrected chi connectivity index (χ1v) is 11.7. The van der Waals surface area contributed by atoms with E-state index in [2.05, 4.69) is 63.7 Å². The number of pyridine rings is 2. The van der Waals surface area contributed by atoms with Gasteiger partial charge in [-0.1, -0.05) is 12.1 Å². The lowest BCUT2D eigenvalue weighted by atomic mass is 9.96. The van der Waals surface area contributed by atoms with Crippen molar-refractivity contribution < 1.29 is 4.74 Å². The number of ether oxygens (including phenoxy) is 1. The molecule has 2 fully saturated rings. The summed E-state index contributed by atoms with van der Waals surface area (Å²) >= 11 is 5.84. The van der Waals surface area contributed by atoms with Crippen molar-refractivity contribution in [3.05, 3.63) is 77.0 Å². The minimum Gasteiger partial charge on any atom is -0.376 e. The van der Waals surface area contributed by atoms with Crippen molar-refractivity contribution in [2.75, 3.05) is 13.2 Å². The van der Waals surface area contributed by atoms with Crippen LogP contribution in [0.5, 0.6) is 0 Å². The van der Waals surface area contributed by atoms with Crippen molar-refractivity contribution in [2.45, 2.75) is 51.8 Å². The summed E-state index contributed by atoms with van der Waals surface area (Å²) in [6.07, 6.45) is 6.10. The first kappa shape index (κ1) is 21.1. The van der Waals surface area contributed by atoms with Gasteiger partial charge in [0.1, 0.15) is 5.82 Å². The van der Waals surface area contributed by atoms with E-state index in [-0.39, 0.29) is 18.2 Å². The quantitative estimate of drug-likeness (QED) is 0.587. The molecule has 3 aromatic heterocycles. The number of hydrogen-bond acceptors (Lipinski definition) is 4. The summed E-state index contributed by atoms with van der Waals surface area (Å²) in [6.45, 7) is 8.04. The van der Waals surface area contributed by atoms with E-state index < -0.39 is 0 Å². The number of aromatic nitrogens is 3. The number of nitrogens with zero attached hydrogens (tertiary/aromatic N) is 4. The fraction of sp³-hybridized carbons (Fsp3) is 0.400. The van der Waals surface area contributed by atoms with Crippen LogP contribution >= 0.6 is 12.2 Å². The maximum Gasteiger partial charge on any atom is 0.170 e. The highest BCUT2D eigenvalue weighted by Crippen LogP contribution is 2.42. The number of aryl methyl sites for hydroxylation is 2. The van der Waals surface area contributed by atoms with Gasteiger partial charge in [0.05, 0.1) is 23.9 Å². The lowest BCUT2D eigenvalue weighted by Gasteiger charge is -2.30. The molecule has 0 radical (unpaired) electrons. The molecule has 0 aromatic carbocycles. The molecule has 0 bridgehead atoms. The molecule has 2 saturated heterocycles. The molecule has 0 aliphatic carbocycles. The van der Waals surface area contributed by atoms with Crippen LogP contribution in [0.15, 0.2) is 48.8 Å². The zero-order valence-electron chi connectivity index (χ0n) is 18.8. The van der Waals surface area contributed by atoms with Gasteiger partial charge in [0, 0.05) is 36.9 Å². The summed E-state index contributed by atoms with van der Waals surface area (Å²) in [7, 11) is 0. The maximum atomic E-state index is 5.97. The summed E-state index contributed by atoms with van der Waals surface area (Å²) in [5.41, 5.74) is 5.73. The number of rotatable bonds is 5. The predicted molar refractivity (Wildman–Crippen MR) is 129 cm³/mol. The van der Waals surface area contributed by atoms with Crippen molar-refractivity contribution in [3.63, 3.8) is 0 Å². The van der Waals surface area contributed by atoms with Gasteiger partial charge in [-0.3, -0.25) is 4.98 Å². The Balaban J connectivity index is 1.60. The Bertz CT molecular complexity index is 1120. The molecule has 5 heterocycles. The molecule has 0 unspecified atom stereocenters. The molecule has 166 valence electrons. The second kappa shape index (κ2) is 8.64. The van der Waals surface area contributed by atoms with Crippen molar-refractivity contribution in [1.29, 1.82) is 0 Å². The van der Waals surface area contributed by atoms with Crippen LogP contribution < -0.4 is 5.32 Å². The normalized spacial score (nSPS) is 23.0. The Hall–Kier alpha value is -2.77. The minimum atomic E-state index is -0.0242. The molecule has 7 heteroatoms. The molecular weight excluding hydrogens is 418 g/mol. The van der Waals surface area contributed by atoms with E-state index in [0.29, 0.717) is 0 Å². The largest absolute Gasteiger partial charge is 0.376 e. The van der Waals surface area contributed by atoms with Crippen LogP contribution in [0, 0.1) is 20.8 Å². The van der Waals surface area contributed by atoms with E-state index >= 15 is 0 Å². The Kier molecular flexibility index (Phi) is 5.69. The van der Waals surface area contributed by atoms with Gasteiger partial charge in [-0.15, -0.1) is 0 Å². The average Bonchev–Trinajstić information content (AvgIpc) is 3.49. The average molecular weight is 448 g/mol. The fourth-order valence-electron chi connectivity index (χ4n) is 5.07. The van der Waals surface area contributed by atoms with Gasteiger partial charge in [0.2, 0.25) is 0 Å². The lowest BCUT2D eigenvalue weighted by Crippen LogP contribution is -2.36. The summed E-state index contributed by atoms with van der Waals surface area (Å²) in [5.74, 6) is 0.974. The summed E-state index contributed by atoms with van der Waals surface area (Å²) < 4.78 is 8.23. The molecule has 0 saturated carbocycles. The van der Waals surface area contributed by atoms with Gasteiger partial charge < -0.3 is 19.5 Å². The van der Waals surface area contributed by atoms with Gasteiger partial charge in [-0.05, 0) is 81.2 Å². The SMILES string of the molecule is Cc1cccnc1-n1c(C)cc([C@@H]2[C@@H](c3ccccn3)NC(=S)N2C[C@H]2CCCO2)c1C. The Morgan fingerprint density at radius 1 is 1.12 bits per heavy atom. The number of thiocarbonyl (C=S) groups is 1. The van der Waals surface area contributed by atoms with Crippen LogP contribution in [0.1, 0.15) is 53.1 Å². The molecule has 32 heavy (non-hydrogen) atoms. The van der Waals surface area contributed by atoms with E-state index in [1.54, 1.807) is 0 Å². The summed E-state index contributed by atoms with van der Waals surface area (Å²) in [5, 5.41) is 4.33. The van der Waals surface area contributed by atoms with Gasteiger partial charge in [0.15, 0.2) is 5.11 Å². The first-order chi connectivity index (χ1) is 15.5. The molecule has 3 atom stereocenters. The van der Waals surface area contributed by atoms with Crippen molar-refractivity contribution in [2.24, 2.45) is 0 Å². The third-order valence-corrected chi connectivity index (χ3v) is 6.96. The van der Waals surface area contributed by atoms with Crippen LogP contribution in [-0.4, -0.2) is 43.8 Å². The molecule has 3 aromatic rings. The standard InChI is InChI=1S/C25H29N5OS/c1-16-8-6-12-27-24(16)30-17(2)14-20(18(30)3)23-22(21-10-4-5-11-26-21)28-25(32)29(23)15-19-9-7-13-31-19/h4-6,8,10-12,14,19,22-23H,7,9,13,15H2,1-3H3,(H,28,32)/t19-,22-,23-/m1/s1. The smallest absolute Gasteiger partial charge is 0.170 e. The topological polar surface area (TPSA) is 55.2 Å². The lowest BCUT2D eigenvalue weighted by molar-refractivity contribution is 0.0842. The second-order valence-electron chi connectivity index (χ2n) is 8.72. The third-order valence-electron chi connectivity index (χ3n) is 6.60. The van der Waals surface area contributed by atoms with E-state index in [0.717, 1.165) is 53.9 Å². The van der Waals surface area contributed by atoms with Crippen molar-refractivity contribution >= 4 is 17.3 Å². The second-order valence-corrected chi connectivity index (χ2v) is 9.11. The van der Waals surface area contributed by atoms with Crippen LogP contribution in [0.4, 0.5) is 0 Å². The summed E-state index contributed by atoms with van der Waals surface area (Å²) in [4.78, 5) is 11.7. The summed E-state index contributed by atoms with van der Waals surface area (Å²) in [6, 6.07) is 12.4. The maximum absolute atomic E-state index is 5.97. The highest BCUT2D eigenvalue weighted by Gasteiger charge is 2.42. The molecular formula is C25H29N5OS. The van der Waals surface area contributed by atoms with Crippen molar-refractivity contribution in [3.8, 4) is 5.82 Å². The van der Waals surface area contributed by atoms with Gasteiger partial charge >= 0.3 is 0 Å². The molecule has 2 aliphatic rings. The zero-order valence-corrected chi connectivity index (χ0v) is 19.6. The molecule has 2 aliphatic heterocycles. The minimum absolute atomic E-state index is 0.0242. The van der Waals surface area contributed by atoms with E-state index in [1.165, 1.54) is 11.3 Å². The molecule has 6 nitrogen and oxygen atoms in total. The fourth-order valence-corrected chi connectivity index (χ4v) is 5.39. The van der Waals surface area contributed by atoms with Gasteiger partial charge in [-0.2, -0.15) is 0 Å². The predicted octanol–water partition coefficient (Wildman–Crippen LogP) is 4.34. The first-order valence-electron chi connectivity index (χ1n) is 11.2. The Morgan fingerprint density at radius 2 is 1.97 bits per heavy atom. The number of hydrogen-bond donors (Lipinski definition) is 1. The molecule has 0 spiro atoms. The van der Waals surface area contributed by atoms with Crippen LogP contribution in [0.3, 0.4) is 0 Å². The molecule has 0 amide bonds. The Labute approximate surface area is 194 Å². The monoisotopic (exact) mass is 447 g/mol. The van der Waals surface area contributed by atoms with Gasteiger partial charge in [0.25, 0.3) is 0 Å². The van der Waals surface area contributed by atoms with Gasteiger partial charge in [-0.25, -0.2) is 4.98 Å². The highest BCUT2D eigenvalue weighted by atomic mass is 32.1. The zero-order chi connectivity index (χ0) is 22.2. The van der Waals surface area contributed by atoms with E-state index in [1.807, 2.05) is 30.6 Å². The molecule has 5 rings (SSSR count). The molecule has 1 N–H and O–H groups in total. The number of nitrogens with one attached hydrogen (secondary N) is 1. The van der Waals surface area contributed by atoms with E-state index in [4.69, 9.17) is 17.0 Å². The van der Waals surface area contributed by atoms with E-state index in [9.17, 15) is 0 Å². The highest BCUT2D eigenvalue weighted by molar-refractivity contribution is 7.80.